The van der Waals surface area contributed by atoms with E-state index in [-0.39, 0.29) is 28.8 Å². The van der Waals surface area contributed by atoms with Gasteiger partial charge in [0.25, 0.3) is 5.91 Å². The molecule has 3 rings (SSSR count). The number of imide groups is 1. The highest BCUT2D eigenvalue weighted by Crippen LogP contribution is 2.43. The van der Waals surface area contributed by atoms with Crippen LogP contribution in [0.15, 0.2) is 32.8 Å². The zero-order valence-corrected chi connectivity index (χ0v) is 18.4. The van der Waals surface area contributed by atoms with Gasteiger partial charge in [0.1, 0.15) is 16.5 Å². The number of nitrogens with one attached hydrogen (secondary N) is 1. The minimum absolute atomic E-state index is 0.0285. The van der Waals surface area contributed by atoms with Gasteiger partial charge in [0, 0.05) is 4.47 Å². The highest BCUT2D eigenvalue weighted by Gasteiger charge is 2.34. The first kappa shape index (κ1) is 21.7. The van der Waals surface area contributed by atoms with Gasteiger partial charge in [-0.25, -0.2) is 9.59 Å². The summed E-state index contributed by atoms with van der Waals surface area (Å²) < 4.78 is 20.8. The number of urea groups is 1. The molecule has 1 aromatic carbocycles. The Hall–Kier alpha value is -2.98. The maximum Gasteiger partial charge on any atom is 0.373 e. The molecule has 2 heterocycles. The van der Waals surface area contributed by atoms with Crippen LogP contribution in [0.1, 0.15) is 21.9 Å². The number of furan rings is 1. The van der Waals surface area contributed by atoms with Gasteiger partial charge in [0.15, 0.2) is 11.5 Å². The Bertz CT molecular complexity index is 1060. The quantitative estimate of drug-likeness (QED) is 0.368. The molecule has 1 saturated heterocycles. The molecule has 1 aliphatic heterocycles. The summed E-state index contributed by atoms with van der Waals surface area (Å²) in [6.45, 7) is -0.160. The number of amides is 3. The molecule has 3 amide bonds. The molecule has 1 N–H and O–H groups in total. The number of hydrogen-bond donors (Lipinski definition) is 1. The van der Waals surface area contributed by atoms with Crippen LogP contribution < -0.4 is 14.8 Å². The topological polar surface area (TPSA) is 107 Å². The van der Waals surface area contributed by atoms with Crippen LogP contribution in [-0.4, -0.2) is 44.1 Å². The number of benzene rings is 1. The van der Waals surface area contributed by atoms with E-state index < -0.39 is 17.9 Å². The van der Waals surface area contributed by atoms with Gasteiger partial charge in [-0.15, -0.1) is 0 Å². The molecule has 1 fully saturated rings. The van der Waals surface area contributed by atoms with E-state index in [0.717, 1.165) is 4.90 Å². The zero-order valence-electron chi connectivity index (χ0n) is 16.1. The van der Waals surface area contributed by atoms with Crippen LogP contribution >= 0.6 is 27.5 Å². The SMILES string of the molecule is COC(=O)c1ccc(CN2C(=O)N/C(=C\c3cc(OC)c(OC)c(Cl)c3Br)C2=O)o1. The summed E-state index contributed by atoms with van der Waals surface area (Å²) in [5, 5.41) is 2.76. The molecular weight excluding hydrogens is 484 g/mol. The molecule has 1 aliphatic rings. The molecule has 1 aromatic heterocycles. The normalized spacial score (nSPS) is 14.8. The molecule has 0 aliphatic carbocycles. The summed E-state index contributed by atoms with van der Waals surface area (Å²) in [4.78, 5) is 37.5. The number of carbonyl (C=O) groups is 3. The van der Waals surface area contributed by atoms with Crippen molar-refractivity contribution in [3.8, 4) is 11.5 Å². The number of halogens is 2. The first-order chi connectivity index (χ1) is 14.3. The van der Waals surface area contributed by atoms with Crippen LogP contribution in [0.2, 0.25) is 5.02 Å². The van der Waals surface area contributed by atoms with E-state index in [1.54, 1.807) is 6.07 Å². The summed E-state index contributed by atoms with van der Waals surface area (Å²) >= 11 is 9.66. The largest absolute Gasteiger partial charge is 0.493 e. The van der Waals surface area contributed by atoms with Crippen molar-refractivity contribution < 1.29 is 33.0 Å². The van der Waals surface area contributed by atoms with Crippen molar-refractivity contribution in [2.75, 3.05) is 21.3 Å². The monoisotopic (exact) mass is 498 g/mol. The molecule has 0 saturated carbocycles. The van der Waals surface area contributed by atoms with Gasteiger partial charge in [-0.3, -0.25) is 9.69 Å². The highest BCUT2D eigenvalue weighted by atomic mass is 79.9. The predicted molar refractivity (Wildman–Crippen MR) is 109 cm³/mol. The Morgan fingerprint density at radius 1 is 1.27 bits per heavy atom. The van der Waals surface area contributed by atoms with Crippen LogP contribution in [0, 0.1) is 0 Å². The van der Waals surface area contributed by atoms with Crippen molar-refractivity contribution in [3.05, 3.63) is 50.5 Å². The smallest absolute Gasteiger partial charge is 0.373 e. The van der Waals surface area contributed by atoms with Gasteiger partial charge in [-0.05, 0) is 45.8 Å². The third-order valence-electron chi connectivity index (χ3n) is 4.20. The van der Waals surface area contributed by atoms with Crippen molar-refractivity contribution in [2.24, 2.45) is 0 Å². The maximum atomic E-state index is 12.7. The van der Waals surface area contributed by atoms with E-state index in [2.05, 4.69) is 26.0 Å². The van der Waals surface area contributed by atoms with E-state index in [1.807, 2.05) is 0 Å². The fraction of sp³-hybridized carbons (Fsp3) is 0.211. The summed E-state index contributed by atoms with van der Waals surface area (Å²) in [6, 6.07) is 3.86. The lowest BCUT2D eigenvalue weighted by Crippen LogP contribution is -2.30. The van der Waals surface area contributed by atoms with Gasteiger partial charge in [0.05, 0.1) is 27.9 Å². The molecule has 158 valence electrons. The number of nitrogens with zero attached hydrogens (tertiary/aromatic N) is 1. The lowest BCUT2D eigenvalue weighted by Gasteiger charge is -2.13. The number of rotatable bonds is 6. The third-order valence-corrected chi connectivity index (χ3v) is 5.65. The molecule has 0 radical (unpaired) electrons. The minimum Gasteiger partial charge on any atom is -0.493 e. The molecule has 0 atom stereocenters. The summed E-state index contributed by atoms with van der Waals surface area (Å²) in [5.74, 6) is -0.328. The van der Waals surface area contributed by atoms with Crippen LogP contribution in [0.25, 0.3) is 6.08 Å². The Balaban J connectivity index is 1.87. The Labute approximate surface area is 184 Å². The third kappa shape index (κ3) is 4.01. The lowest BCUT2D eigenvalue weighted by molar-refractivity contribution is -0.123. The first-order valence-corrected chi connectivity index (χ1v) is 9.59. The number of methoxy groups -OCH3 is 3. The van der Waals surface area contributed by atoms with Crippen molar-refractivity contribution >= 4 is 51.5 Å². The van der Waals surface area contributed by atoms with E-state index in [4.69, 9.17) is 25.5 Å². The molecular formula is C19H16BrClN2O7. The summed E-state index contributed by atoms with van der Waals surface area (Å²) in [5.41, 5.74) is 0.526. The molecule has 0 unspecified atom stereocenters. The fourth-order valence-corrected chi connectivity index (χ4v) is 3.44. The molecule has 9 nitrogen and oxygen atoms in total. The Morgan fingerprint density at radius 3 is 2.63 bits per heavy atom. The van der Waals surface area contributed by atoms with Crippen molar-refractivity contribution in [2.45, 2.75) is 6.54 Å². The van der Waals surface area contributed by atoms with Gasteiger partial charge in [0.2, 0.25) is 5.76 Å². The van der Waals surface area contributed by atoms with Crippen LogP contribution in [0.5, 0.6) is 11.5 Å². The zero-order chi connectivity index (χ0) is 22.0. The number of esters is 1. The van der Waals surface area contributed by atoms with E-state index in [0.29, 0.717) is 21.5 Å². The average Bonchev–Trinajstić information content (AvgIpc) is 3.31. The van der Waals surface area contributed by atoms with Gasteiger partial charge < -0.3 is 23.9 Å². The Morgan fingerprint density at radius 2 is 2.00 bits per heavy atom. The second-order valence-electron chi connectivity index (χ2n) is 5.97. The molecule has 0 bridgehead atoms. The average molecular weight is 500 g/mol. The highest BCUT2D eigenvalue weighted by molar-refractivity contribution is 9.10. The number of carbonyl (C=O) groups excluding carboxylic acids is 3. The lowest BCUT2D eigenvalue weighted by atomic mass is 10.1. The molecule has 0 spiro atoms. The summed E-state index contributed by atoms with van der Waals surface area (Å²) in [7, 11) is 4.12. The number of ether oxygens (including phenoxy) is 3. The standard InChI is InChI=1S/C19H16BrClN2O7/c1-27-13-7-9(14(20)15(21)16(13)28-2)6-11-17(24)23(19(26)22-11)8-10-4-5-12(30-10)18(25)29-3/h4-7H,8H2,1-3H3,(H,22,26)/b11-6-. The summed E-state index contributed by atoms with van der Waals surface area (Å²) in [6.07, 6.45) is 1.46. The Kier molecular flexibility index (Phi) is 6.37. The fourth-order valence-electron chi connectivity index (χ4n) is 2.75. The van der Waals surface area contributed by atoms with Crippen LogP contribution in [0.4, 0.5) is 4.79 Å². The van der Waals surface area contributed by atoms with Crippen molar-refractivity contribution in [1.29, 1.82) is 0 Å². The van der Waals surface area contributed by atoms with Crippen LogP contribution in [-0.2, 0) is 16.1 Å². The van der Waals surface area contributed by atoms with E-state index in [1.165, 1.54) is 39.5 Å². The van der Waals surface area contributed by atoms with E-state index >= 15 is 0 Å². The second-order valence-corrected chi connectivity index (χ2v) is 7.14. The van der Waals surface area contributed by atoms with E-state index in [9.17, 15) is 14.4 Å². The van der Waals surface area contributed by atoms with Gasteiger partial charge in [-0.2, -0.15) is 0 Å². The van der Waals surface area contributed by atoms with Crippen molar-refractivity contribution in [3.63, 3.8) is 0 Å². The molecule has 2 aromatic rings. The van der Waals surface area contributed by atoms with Crippen molar-refractivity contribution in [1.82, 2.24) is 10.2 Å². The van der Waals surface area contributed by atoms with Crippen LogP contribution in [0.3, 0.4) is 0 Å². The second kappa shape index (κ2) is 8.80. The number of hydrogen-bond acceptors (Lipinski definition) is 7. The van der Waals surface area contributed by atoms with Gasteiger partial charge >= 0.3 is 12.0 Å². The van der Waals surface area contributed by atoms with Gasteiger partial charge in [-0.1, -0.05) is 11.6 Å². The molecule has 30 heavy (non-hydrogen) atoms. The maximum absolute atomic E-state index is 12.7. The predicted octanol–water partition coefficient (Wildman–Crippen LogP) is 3.59. The minimum atomic E-state index is -0.658. The first-order valence-electron chi connectivity index (χ1n) is 8.42. The molecule has 11 heteroatoms.